The number of hydrogen-bond donors (Lipinski definition) is 3. The molecule has 2 aromatic carbocycles. The van der Waals surface area contributed by atoms with Crippen molar-refractivity contribution in [1.82, 2.24) is 15.5 Å². The SMILES string of the molecule is Cc1c(Cc2ccccc2)c(=O)oc2cc(OCC(=O)NCC(=O)NCC(=O)N3CC[C@]4(O)CCCC[C@@H]4C3)ccc12. The minimum atomic E-state index is -0.670. The molecule has 2 fully saturated rings. The van der Waals surface area contributed by atoms with Gasteiger partial charge in [0.1, 0.15) is 11.3 Å². The predicted molar refractivity (Wildman–Crippen MR) is 156 cm³/mol. The Morgan fingerprint density at radius 1 is 1.05 bits per heavy atom. The summed E-state index contributed by atoms with van der Waals surface area (Å²) in [5, 5.41) is 16.6. The summed E-state index contributed by atoms with van der Waals surface area (Å²) in [6, 6.07) is 14.7. The van der Waals surface area contributed by atoms with Gasteiger partial charge in [-0.25, -0.2) is 4.79 Å². The Morgan fingerprint density at radius 3 is 2.64 bits per heavy atom. The first-order valence-corrected chi connectivity index (χ1v) is 14.5. The second kappa shape index (κ2) is 12.8. The van der Waals surface area contributed by atoms with Crippen molar-refractivity contribution in [3.8, 4) is 5.75 Å². The summed E-state index contributed by atoms with van der Waals surface area (Å²) in [5.41, 5.74) is 1.70. The summed E-state index contributed by atoms with van der Waals surface area (Å²) >= 11 is 0. The van der Waals surface area contributed by atoms with Crippen LogP contribution in [0, 0.1) is 12.8 Å². The predicted octanol–water partition coefficient (Wildman–Crippen LogP) is 2.46. The molecule has 0 bridgehead atoms. The van der Waals surface area contributed by atoms with Gasteiger partial charge in [0.05, 0.1) is 18.7 Å². The van der Waals surface area contributed by atoms with E-state index in [1.807, 2.05) is 37.3 Å². The number of aryl methyl sites for hydroxylation is 1. The van der Waals surface area contributed by atoms with Crippen LogP contribution in [0.5, 0.6) is 5.75 Å². The van der Waals surface area contributed by atoms with Gasteiger partial charge in [0.15, 0.2) is 6.61 Å². The van der Waals surface area contributed by atoms with Gasteiger partial charge in [-0.15, -0.1) is 0 Å². The molecule has 2 atom stereocenters. The summed E-state index contributed by atoms with van der Waals surface area (Å²) in [5.74, 6) is -0.774. The van der Waals surface area contributed by atoms with Crippen LogP contribution in [0.4, 0.5) is 0 Å². The van der Waals surface area contributed by atoms with Crippen molar-refractivity contribution in [1.29, 1.82) is 0 Å². The fourth-order valence-electron chi connectivity index (χ4n) is 5.99. The van der Waals surface area contributed by atoms with Gasteiger partial charge < -0.3 is 29.8 Å². The van der Waals surface area contributed by atoms with Crippen molar-refractivity contribution >= 4 is 28.7 Å². The molecular formula is C32H37N3O7. The van der Waals surface area contributed by atoms with Crippen molar-refractivity contribution in [3.05, 3.63) is 75.6 Å². The number of ether oxygens (including phenoxy) is 1. The quantitative estimate of drug-likeness (QED) is 0.333. The number of rotatable bonds is 9. The molecule has 1 aliphatic carbocycles. The number of carbonyl (C=O) groups excluding carboxylic acids is 3. The number of nitrogens with zero attached hydrogens (tertiary/aromatic N) is 1. The number of likely N-dealkylation sites (tertiary alicyclic amines) is 1. The van der Waals surface area contributed by atoms with E-state index in [4.69, 9.17) is 9.15 Å². The summed E-state index contributed by atoms with van der Waals surface area (Å²) in [6.07, 6.45) is 4.79. The first-order valence-electron chi connectivity index (χ1n) is 14.5. The molecule has 42 heavy (non-hydrogen) atoms. The average Bonchev–Trinajstić information content (AvgIpc) is 2.99. The molecule has 2 heterocycles. The average molecular weight is 576 g/mol. The van der Waals surface area contributed by atoms with E-state index in [0.29, 0.717) is 42.8 Å². The van der Waals surface area contributed by atoms with Crippen molar-refractivity contribution in [2.24, 2.45) is 5.92 Å². The van der Waals surface area contributed by atoms with E-state index in [1.165, 1.54) is 0 Å². The van der Waals surface area contributed by atoms with Crippen molar-refractivity contribution in [2.45, 2.75) is 51.0 Å². The Hall–Kier alpha value is -4.18. The van der Waals surface area contributed by atoms with Gasteiger partial charge >= 0.3 is 5.63 Å². The number of benzene rings is 2. The van der Waals surface area contributed by atoms with Crippen LogP contribution in [0.1, 0.15) is 48.8 Å². The van der Waals surface area contributed by atoms with E-state index in [0.717, 1.165) is 42.2 Å². The minimum Gasteiger partial charge on any atom is -0.484 e. The molecule has 0 unspecified atom stereocenters. The van der Waals surface area contributed by atoms with Crippen LogP contribution in [0.2, 0.25) is 0 Å². The second-order valence-corrected chi connectivity index (χ2v) is 11.3. The van der Waals surface area contributed by atoms with Crippen LogP contribution in [0.15, 0.2) is 57.7 Å². The van der Waals surface area contributed by atoms with E-state index < -0.39 is 23.0 Å². The van der Waals surface area contributed by atoms with E-state index >= 15 is 0 Å². The van der Waals surface area contributed by atoms with E-state index in [1.54, 1.807) is 23.1 Å². The Morgan fingerprint density at radius 2 is 1.83 bits per heavy atom. The van der Waals surface area contributed by atoms with Gasteiger partial charge in [0.25, 0.3) is 5.91 Å². The van der Waals surface area contributed by atoms with Crippen LogP contribution in [-0.2, 0) is 20.8 Å². The van der Waals surface area contributed by atoms with Gasteiger partial charge in [-0.2, -0.15) is 0 Å². The number of aliphatic hydroxyl groups is 1. The Kier molecular flexibility index (Phi) is 8.91. The lowest BCUT2D eigenvalue weighted by Gasteiger charge is -2.47. The monoisotopic (exact) mass is 575 g/mol. The van der Waals surface area contributed by atoms with E-state index in [-0.39, 0.29) is 31.5 Å². The molecule has 3 aromatic rings. The van der Waals surface area contributed by atoms with Gasteiger partial charge in [-0.05, 0) is 49.4 Å². The normalized spacial score (nSPS) is 20.0. The Bertz CT molecular complexity index is 1520. The lowest BCUT2D eigenvalue weighted by molar-refractivity contribution is -0.143. The number of hydrogen-bond acceptors (Lipinski definition) is 7. The van der Waals surface area contributed by atoms with Crippen molar-refractivity contribution in [2.75, 3.05) is 32.8 Å². The minimum absolute atomic E-state index is 0.0821. The van der Waals surface area contributed by atoms with Gasteiger partial charge in [0, 0.05) is 42.4 Å². The fraction of sp³-hybridized carbons (Fsp3) is 0.438. The first-order chi connectivity index (χ1) is 20.2. The fourth-order valence-corrected chi connectivity index (χ4v) is 5.99. The summed E-state index contributed by atoms with van der Waals surface area (Å²) in [6.45, 7) is 2.06. The van der Waals surface area contributed by atoms with Gasteiger partial charge in [-0.3, -0.25) is 14.4 Å². The third-order valence-electron chi connectivity index (χ3n) is 8.52. The summed E-state index contributed by atoms with van der Waals surface area (Å²) in [4.78, 5) is 51.5. The maximum atomic E-state index is 12.7. The highest BCUT2D eigenvalue weighted by Gasteiger charge is 2.43. The standard InChI is InChI=1S/C32H37N3O7/c1-21-25-11-10-24(16-27(25)42-31(39)26(21)15-22-7-3-2-4-8-22)41-20-29(37)33-17-28(36)34-18-30(38)35-14-13-32(40)12-6-5-9-23(32)19-35/h2-4,7-8,10-11,16,23,40H,5-6,9,12-15,17-20H2,1H3,(H,33,37)(H,34,36)/t23-,32-/m1/s1. The van der Waals surface area contributed by atoms with Gasteiger partial charge in [0.2, 0.25) is 11.8 Å². The zero-order valence-corrected chi connectivity index (χ0v) is 23.8. The van der Waals surface area contributed by atoms with Crippen LogP contribution in [0.25, 0.3) is 11.0 Å². The van der Waals surface area contributed by atoms with Crippen LogP contribution < -0.4 is 21.0 Å². The molecule has 0 radical (unpaired) electrons. The maximum absolute atomic E-state index is 12.7. The molecule has 3 amide bonds. The maximum Gasteiger partial charge on any atom is 0.340 e. The molecule has 0 spiro atoms. The van der Waals surface area contributed by atoms with Crippen LogP contribution in [0.3, 0.4) is 0 Å². The third kappa shape index (κ3) is 6.82. The Labute approximate surface area is 244 Å². The second-order valence-electron chi connectivity index (χ2n) is 11.3. The van der Waals surface area contributed by atoms with Crippen LogP contribution >= 0.6 is 0 Å². The molecule has 1 aliphatic heterocycles. The van der Waals surface area contributed by atoms with Crippen molar-refractivity contribution < 1.29 is 28.6 Å². The number of amides is 3. The number of piperidine rings is 1. The number of carbonyl (C=O) groups is 3. The molecule has 222 valence electrons. The first kappa shape index (κ1) is 29.3. The topological polar surface area (TPSA) is 138 Å². The largest absolute Gasteiger partial charge is 0.484 e. The van der Waals surface area contributed by atoms with E-state index in [9.17, 15) is 24.3 Å². The molecule has 3 N–H and O–H groups in total. The number of fused-ring (bicyclic) bond motifs is 2. The highest BCUT2D eigenvalue weighted by molar-refractivity contribution is 5.88. The van der Waals surface area contributed by atoms with Crippen LogP contribution in [-0.4, -0.2) is 66.1 Å². The lowest BCUT2D eigenvalue weighted by atomic mass is 9.71. The Balaban J connectivity index is 1.06. The third-order valence-corrected chi connectivity index (χ3v) is 8.52. The smallest absolute Gasteiger partial charge is 0.340 e. The zero-order chi connectivity index (χ0) is 29.7. The van der Waals surface area contributed by atoms with Gasteiger partial charge in [-0.1, -0.05) is 43.2 Å². The lowest BCUT2D eigenvalue weighted by Crippen LogP contribution is -2.56. The van der Waals surface area contributed by atoms with E-state index in [2.05, 4.69) is 10.6 Å². The summed E-state index contributed by atoms with van der Waals surface area (Å²) in [7, 11) is 0. The molecule has 1 saturated heterocycles. The number of nitrogens with one attached hydrogen (secondary N) is 2. The molecular weight excluding hydrogens is 538 g/mol. The van der Waals surface area contributed by atoms with Crippen molar-refractivity contribution in [3.63, 3.8) is 0 Å². The molecule has 2 aliphatic rings. The summed E-state index contributed by atoms with van der Waals surface area (Å²) < 4.78 is 11.1. The molecule has 10 heteroatoms. The molecule has 10 nitrogen and oxygen atoms in total. The zero-order valence-electron chi connectivity index (χ0n) is 23.8. The molecule has 1 saturated carbocycles. The highest BCUT2D eigenvalue weighted by atomic mass is 16.5. The molecule has 5 rings (SSSR count). The molecule has 1 aromatic heterocycles. The highest BCUT2D eigenvalue weighted by Crippen LogP contribution is 2.39.